The van der Waals surface area contributed by atoms with E-state index in [2.05, 4.69) is 71.0 Å². The molecule has 1 unspecified atom stereocenters. The van der Waals surface area contributed by atoms with Crippen molar-refractivity contribution >= 4 is 33.0 Å². The fourth-order valence-corrected chi connectivity index (χ4v) is 4.84. The molecule has 0 aliphatic carbocycles. The summed E-state index contributed by atoms with van der Waals surface area (Å²) in [6.45, 7) is 19.6. The minimum Gasteiger partial charge on any atom is -0.390 e. The zero-order valence-corrected chi connectivity index (χ0v) is 19.5. The summed E-state index contributed by atoms with van der Waals surface area (Å²) >= 11 is 0. The van der Waals surface area contributed by atoms with Crippen LogP contribution in [0.2, 0.25) is 39.3 Å². The van der Waals surface area contributed by atoms with Crippen LogP contribution in [-0.2, 0) is 8.85 Å². The van der Waals surface area contributed by atoms with E-state index >= 15 is 0 Å². The lowest BCUT2D eigenvalue weighted by Crippen LogP contribution is -2.36. The van der Waals surface area contributed by atoms with Crippen LogP contribution in [0.5, 0.6) is 0 Å². The summed E-state index contributed by atoms with van der Waals surface area (Å²) < 4.78 is 12.8. The maximum Gasteiger partial charge on any atom is 0.187 e. The Labute approximate surface area is 141 Å². The third kappa shape index (κ3) is 5.97. The Morgan fingerprint density at radius 3 is 1.91 bits per heavy atom. The third-order valence-electron chi connectivity index (χ3n) is 3.15. The molecular weight excluding hydrogens is 320 g/mol. The van der Waals surface area contributed by atoms with Crippen molar-refractivity contribution in [2.24, 2.45) is 0 Å². The Balaban J connectivity index is 3.38. The Morgan fingerprint density at radius 2 is 1.55 bits per heavy atom. The van der Waals surface area contributed by atoms with Crippen LogP contribution in [-0.4, -0.2) is 26.9 Å². The van der Waals surface area contributed by atoms with Gasteiger partial charge in [0.2, 0.25) is 0 Å². The summed E-state index contributed by atoms with van der Waals surface area (Å²) in [6.07, 6.45) is 1.71. The first-order valence-corrected chi connectivity index (χ1v) is 16.0. The molecule has 0 N–H and O–H groups in total. The van der Waals surface area contributed by atoms with Gasteiger partial charge in [0.25, 0.3) is 0 Å². The molecular formula is C17H32O2Si3. The summed E-state index contributed by atoms with van der Waals surface area (Å²) in [5.74, 6) is 0. The Bertz CT molecular complexity index is 498. The van der Waals surface area contributed by atoms with Gasteiger partial charge in [0.1, 0.15) is 0 Å². The molecule has 0 saturated carbocycles. The van der Waals surface area contributed by atoms with E-state index in [1.54, 1.807) is 0 Å². The predicted octanol–water partition coefficient (Wildman–Crippen LogP) is 4.46. The zero-order chi connectivity index (χ0) is 17.1. The van der Waals surface area contributed by atoms with Crippen LogP contribution in [0.25, 0.3) is 6.08 Å². The van der Waals surface area contributed by atoms with Gasteiger partial charge in [-0.05, 0) is 56.0 Å². The maximum atomic E-state index is 6.42. The Kier molecular flexibility index (Phi) is 6.59. The van der Waals surface area contributed by atoms with E-state index in [4.69, 9.17) is 8.85 Å². The van der Waals surface area contributed by atoms with Gasteiger partial charge in [0, 0.05) is 15.8 Å². The van der Waals surface area contributed by atoms with Crippen molar-refractivity contribution in [3.8, 4) is 0 Å². The molecule has 5 heteroatoms. The van der Waals surface area contributed by atoms with E-state index in [1.165, 1.54) is 16.7 Å². The van der Waals surface area contributed by atoms with Crippen LogP contribution < -0.4 is 0 Å². The van der Waals surface area contributed by atoms with Gasteiger partial charge in [0.15, 0.2) is 22.9 Å². The molecule has 0 heterocycles. The SMILES string of the molecule is C=Cc1cccc(C(O[Si](C)(C)C)O[Si](C)(C)C)c1C(C)[SiH3]. The molecule has 1 aromatic rings. The van der Waals surface area contributed by atoms with E-state index in [0.29, 0.717) is 5.54 Å². The van der Waals surface area contributed by atoms with Gasteiger partial charge in [-0.1, -0.05) is 37.8 Å². The van der Waals surface area contributed by atoms with Crippen LogP contribution in [0.4, 0.5) is 0 Å². The quantitative estimate of drug-likeness (QED) is 0.533. The van der Waals surface area contributed by atoms with Crippen molar-refractivity contribution in [1.29, 1.82) is 0 Å². The highest BCUT2D eigenvalue weighted by molar-refractivity contribution is 6.70. The maximum absolute atomic E-state index is 6.42. The predicted molar refractivity (Wildman–Crippen MR) is 106 cm³/mol. The first kappa shape index (κ1) is 19.6. The van der Waals surface area contributed by atoms with E-state index in [-0.39, 0.29) is 6.29 Å². The van der Waals surface area contributed by atoms with Crippen LogP contribution in [0.3, 0.4) is 0 Å². The second-order valence-corrected chi connectivity index (χ2v) is 18.7. The van der Waals surface area contributed by atoms with E-state index in [1.807, 2.05) is 6.08 Å². The van der Waals surface area contributed by atoms with Crippen molar-refractivity contribution in [2.75, 3.05) is 0 Å². The number of hydrogen-bond acceptors (Lipinski definition) is 2. The monoisotopic (exact) mass is 352 g/mol. The molecule has 0 aliphatic rings. The normalized spacial score (nSPS) is 14.4. The minimum absolute atomic E-state index is 0.246. The van der Waals surface area contributed by atoms with E-state index in [9.17, 15) is 0 Å². The fraction of sp³-hybridized carbons (Fsp3) is 0.529. The van der Waals surface area contributed by atoms with Crippen molar-refractivity contribution < 1.29 is 8.85 Å². The van der Waals surface area contributed by atoms with Gasteiger partial charge in [0.05, 0.1) is 0 Å². The molecule has 0 radical (unpaired) electrons. The average Bonchev–Trinajstić information content (AvgIpc) is 2.33. The zero-order valence-electron chi connectivity index (χ0n) is 15.5. The standard InChI is InChI=1S/C17H32O2Si3/c1-9-14-11-10-12-15(16(14)13(2)20)17(18-21(3,4)5)19-22(6,7)8/h9-13,17H,1H2,2-8,20H3. The second kappa shape index (κ2) is 7.40. The van der Waals surface area contributed by atoms with Crippen LogP contribution in [0, 0.1) is 0 Å². The molecule has 1 rings (SSSR count). The highest BCUT2D eigenvalue weighted by Crippen LogP contribution is 2.34. The Morgan fingerprint density at radius 1 is 1.05 bits per heavy atom. The van der Waals surface area contributed by atoms with Crippen LogP contribution >= 0.6 is 0 Å². The number of rotatable bonds is 7. The summed E-state index contributed by atoms with van der Waals surface area (Å²) in [4.78, 5) is 0. The molecule has 0 bridgehead atoms. The molecule has 0 spiro atoms. The van der Waals surface area contributed by atoms with Crippen molar-refractivity contribution in [2.45, 2.75) is 58.0 Å². The van der Waals surface area contributed by atoms with Gasteiger partial charge in [-0.25, -0.2) is 0 Å². The largest absolute Gasteiger partial charge is 0.390 e. The van der Waals surface area contributed by atoms with Gasteiger partial charge < -0.3 is 8.85 Å². The lowest BCUT2D eigenvalue weighted by Gasteiger charge is -2.34. The van der Waals surface area contributed by atoms with Crippen molar-refractivity contribution in [1.82, 2.24) is 0 Å². The summed E-state index contributed by atoms with van der Waals surface area (Å²) in [5.41, 5.74) is 4.31. The summed E-state index contributed by atoms with van der Waals surface area (Å²) in [5, 5.41) is 0. The molecule has 0 aromatic heterocycles. The second-order valence-electron chi connectivity index (χ2n) is 8.00. The van der Waals surface area contributed by atoms with Gasteiger partial charge in [-0.15, -0.1) is 0 Å². The molecule has 0 fully saturated rings. The fourth-order valence-electron chi connectivity index (χ4n) is 2.45. The van der Waals surface area contributed by atoms with Gasteiger partial charge in [-0.2, -0.15) is 0 Å². The number of benzene rings is 1. The lowest BCUT2D eigenvalue weighted by atomic mass is 9.98. The Hall–Kier alpha value is -0.469. The highest BCUT2D eigenvalue weighted by Gasteiger charge is 2.30. The lowest BCUT2D eigenvalue weighted by molar-refractivity contribution is -0.0103. The molecule has 1 aromatic carbocycles. The van der Waals surface area contributed by atoms with E-state index in [0.717, 1.165) is 10.2 Å². The molecule has 2 nitrogen and oxygen atoms in total. The first-order chi connectivity index (χ1) is 9.94. The molecule has 124 valence electrons. The average molecular weight is 353 g/mol. The van der Waals surface area contributed by atoms with E-state index < -0.39 is 16.6 Å². The van der Waals surface area contributed by atoms with Crippen molar-refractivity contribution in [3.05, 3.63) is 41.5 Å². The van der Waals surface area contributed by atoms with Crippen LogP contribution in [0.15, 0.2) is 24.8 Å². The highest BCUT2D eigenvalue weighted by atomic mass is 28.4. The summed E-state index contributed by atoms with van der Waals surface area (Å²) in [6, 6.07) is 6.40. The number of hydrogen-bond donors (Lipinski definition) is 0. The van der Waals surface area contributed by atoms with Crippen molar-refractivity contribution in [3.63, 3.8) is 0 Å². The third-order valence-corrected chi connectivity index (χ3v) is 5.57. The first-order valence-electron chi connectivity index (χ1n) is 8.05. The smallest absolute Gasteiger partial charge is 0.187 e. The molecule has 22 heavy (non-hydrogen) atoms. The van der Waals surface area contributed by atoms with Gasteiger partial charge >= 0.3 is 0 Å². The van der Waals surface area contributed by atoms with Gasteiger partial charge in [-0.3, -0.25) is 0 Å². The molecule has 1 atom stereocenters. The van der Waals surface area contributed by atoms with Crippen LogP contribution in [0.1, 0.15) is 35.4 Å². The molecule has 0 amide bonds. The molecule has 0 saturated heterocycles. The minimum atomic E-state index is -1.71. The molecule has 0 aliphatic heterocycles. The summed E-state index contributed by atoms with van der Waals surface area (Å²) in [7, 11) is -2.31. The topological polar surface area (TPSA) is 18.5 Å².